The molecule has 0 saturated heterocycles. The molecule has 1 aliphatic rings. The summed E-state index contributed by atoms with van der Waals surface area (Å²) in [5.74, 6) is 0.592. The zero-order chi connectivity index (χ0) is 12.7. The Bertz CT molecular complexity index is 250. The number of nitrogens with one attached hydrogen (secondary N) is 2. The van der Waals surface area contributed by atoms with Crippen LogP contribution >= 0.6 is 11.8 Å². The van der Waals surface area contributed by atoms with Crippen LogP contribution in [0, 0.1) is 0 Å². The highest BCUT2D eigenvalue weighted by atomic mass is 32.2. The van der Waals surface area contributed by atoms with E-state index in [-0.39, 0.29) is 24.1 Å². The summed E-state index contributed by atoms with van der Waals surface area (Å²) in [5, 5.41) is 6.10. The molecular formula is C10H18F3N3S. The Hall–Kier alpha value is -0.590. The van der Waals surface area contributed by atoms with Crippen molar-refractivity contribution in [1.82, 2.24) is 10.6 Å². The van der Waals surface area contributed by atoms with Crippen molar-refractivity contribution in [2.45, 2.75) is 37.2 Å². The molecule has 0 unspecified atom stereocenters. The Kier molecular flexibility index (Phi) is 5.94. The van der Waals surface area contributed by atoms with E-state index in [1.807, 2.05) is 0 Å². The first kappa shape index (κ1) is 14.5. The second kappa shape index (κ2) is 6.98. The summed E-state index contributed by atoms with van der Waals surface area (Å²) in [6.07, 6.45) is 4.63. The fourth-order valence-corrected chi connectivity index (χ4v) is 2.23. The molecule has 2 N–H and O–H groups in total. The van der Waals surface area contributed by atoms with Crippen LogP contribution in [-0.2, 0) is 0 Å². The molecule has 0 aromatic rings. The largest absolute Gasteiger partial charge is 0.441 e. The highest BCUT2D eigenvalue weighted by Crippen LogP contribution is 2.29. The van der Waals surface area contributed by atoms with Gasteiger partial charge in [-0.25, -0.2) is 0 Å². The lowest BCUT2D eigenvalue weighted by molar-refractivity contribution is -0.0327. The molecule has 0 bridgehead atoms. The topological polar surface area (TPSA) is 36.4 Å². The summed E-state index contributed by atoms with van der Waals surface area (Å²) >= 11 is -0.0165. The van der Waals surface area contributed by atoms with Crippen LogP contribution in [0.3, 0.4) is 0 Å². The van der Waals surface area contributed by atoms with Crippen LogP contribution in [0.5, 0.6) is 0 Å². The summed E-state index contributed by atoms with van der Waals surface area (Å²) in [5.41, 5.74) is -4.15. The lowest BCUT2D eigenvalue weighted by Gasteiger charge is -2.16. The van der Waals surface area contributed by atoms with E-state index in [4.69, 9.17) is 0 Å². The van der Waals surface area contributed by atoms with Crippen molar-refractivity contribution in [3.05, 3.63) is 0 Å². The molecule has 0 radical (unpaired) electrons. The monoisotopic (exact) mass is 269 g/mol. The standard InChI is InChI=1S/C10H18F3N3S/c1-14-9(16-8-4-2-3-5-8)15-6-7-17-10(11,12)13/h8H,2-7H2,1H3,(H2,14,15,16). The van der Waals surface area contributed by atoms with Crippen LogP contribution in [0.2, 0.25) is 0 Å². The molecule has 0 amide bonds. The molecule has 0 spiro atoms. The van der Waals surface area contributed by atoms with Gasteiger partial charge >= 0.3 is 5.51 Å². The zero-order valence-corrected chi connectivity index (χ0v) is 10.6. The van der Waals surface area contributed by atoms with Crippen LogP contribution in [0.15, 0.2) is 4.99 Å². The molecule has 0 aliphatic heterocycles. The summed E-state index contributed by atoms with van der Waals surface area (Å²) in [4.78, 5) is 3.99. The first-order valence-corrected chi connectivity index (χ1v) is 6.67. The van der Waals surface area contributed by atoms with Crippen LogP contribution in [0.25, 0.3) is 0 Å². The van der Waals surface area contributed by atoms with Gasteiger partial charge in [-0.05, 0) is 24.6 Å². The average Bonchev–Trinajstić information content (AvgIpc) is 2.73. The smallest absolute Gasteiger partial charge is 0.356 e. The molecule has 0 atom stereocenters. The number of hydrogen-bond donors (Lipinski definition) is 2. The van der Waals surface area contributed by atoms with Gasteiger partial charge in [0.2, 0.25) is 0 Å². The molecule has 1 aliphatic carbocycles. The van der Waals surface area contributed by atoms with E-state index in [9.17, 15) is 13.2 Å². The van der Waals surface area contributed by atoms with E-state index in [0.29, 0.717) is 12.0 Å². The maximum atomic E-state index is 11.9. The number of rotatable bonds is 4. The predicted octanol–water partition coefficient (Wildman–Crippen LogP) is 2.35. The van der Waals surface area contributed by atoms with Crippen molar-refractivity contribution in [2.24, 2.45) is 4.99 Å². The van der Waals surface area contributed by atoms with Gasteiger partial charge in [0.1, 0.15) is 0 Å². The SMILES string of the molecule is CN=C(NCCSC(F)(F)F)NC1CCCC1. The molecule has 3 nitrogen and oxygen atoms in total. The van der Waals surface area contributed by atoms with Crippen LogP contribution in [0.4, 0.5) is 13.2 Å². The molecule has 1 saturated carbocycles. The van der Waals surface area contributed by atoms with Gasteiger partial charge < -0.3 is 10.6 Å². The summed E-state index contributed by atoms with van der Waals surface area (Å²) in [6, 6.07) is 0.413. The van der Waals surface area contributed by atoms with Gasteiger partial charge in [0.05, 0.1) is 0 Å². The van der Waals surface area contributed by atoms with Gasteiger partial charge in [0.25, 0.3) is 0 Å². The highest BCUT2D eigenvalue weighted by Gasteiger charge is 2.27. The molecule has 0 aromatic carbocycles. The maximum absolute atomic E-state index is 11.9. The van der Waals surface area contributed by atoms with E-state index < -0.39 is 5.51 Å². The first-order chi connectivity index (χ1) is 8.01. The van der Waals surface area contributed by atoms with Gasteiger partial charge in [0, 0.05) is 25.4 Å². The molecule has 1 rings (SSSR count). The number of guanidine groups is 1. The number of alkyl halides is 3. The quantitative estimate of drug-likeness (QED) is 0.467. The van der Waals surface area contributed by atoms with Gasteiger partial charge in [-0.3, -0.25) is 4.99 Å². The van der Waals surface area contributed by atoms with Gasteiger partial charge in [0.15, 0.2) is 5.96 Å². The van der Waals surface area contributed by atoms with Crippen molar-refractivity contribution in [1.29, 1.82) is 0 Å². The van der Waals surface area contributed by atoms with Crippen molar-refractivity contribution in [3.8, 4) is 0 Å². The normalized spacial score (nSPS) is 18.5. The lowest BCUT2D eigenvalue weighted by Crippen LogP contribution is -2.43. The fourth-order valence-electron chi connectivity index (χ4n) is 1.79. The first-order valence-electron chi connectivity index (χ1n) is 5.69. The third-order valence-corrected chi connectivity index (χ3v) is 3.32. The number of thioether (sulfide) groups is 1. The Morgan fingerprint density at radius 3 is 2.53 bits per heavy atom. The predicted molar refractivity (Wildman–Crippen MR) is 65.3 cm³/mol. The van der Waals surface area contributed by atoms with Gasteiger partial charge in [-0.2, -0.15) is 13.2 Å². The Morgan fingerprint density at radius 1 is 1.35 bits per heavy atom. The van der Waals surface area contributed by atoms with Crippen LogP contribution in [-0.4, -0.2) is 36.9 Å². The van der Waals surface area contributed by atoms with E-state index in [0.717, 1.165) is 12.8 Å². The second-order valence-electron chi connectivity index (χ2n) is 3.92. The molecular weight excluding hydrogens is 251 g/mol. The van der Waals surface area contributed by atoms with E-state index in [2.05, 4.69) is 15.6 Å². The minimum absolute atomic E-state index is 0.00509. The molecule has 7 heteroatoms. The van der Waals surface area contributed by atoms with E-state index in [1.165, 1.54) is 12.8 Å². The van der Waals surface area contributed by atoms with Crippen LogP contribution in [0.1, 0.15) is 25.7 Å². The lowest BCUT2D eigenvalue weighted by atomic mass is 10.2. The molecule has 100 valence electrons. The third kappa shape index (κ3) is 6.65. The zero-order valence-electron chi connectivity index (χ0n) is 9.81. The molecule has 0 aromatic heterocycles. The van der Waals surface area contributed by atoms with Crippen LogP contribution < -0.4 is 10.6 Å². The second-order valence-corrected chi connectivity index (χ2v) is 5.08. The minimum atomic E-state index is -4.15. The van der Waals surface area contributed by atoms with Crippen molar-refractivity contribution < 1.29 is 13.2 Å². The van der Waals surface area contributed by atoms with Crippen molar-refractivity contribution >= 4 is 17.7 Å². The highest BCUT2D eigenvalue weighted by molar-refractivity contribution is 8.00. The summed E-state index contributed by atoms with van der Waals surface area (Å²) < 4.78 is 35.6. The molecule has 17 heavy (non-hydrogen) atoms. The Balaban J connectivity index is 2.14. The van der Waals surface area contributed by atoms with Crippen molar-refractivity contribution in [3.63, 3.8) is 0 Å². The Labute approximate surface area is 104 Å². The summed E-state index contributed by atoms with van der Waals surface area (Å²) in [7, 11) is 1.63. The number of nitrogens with zero attached hydrogens (tertiary/aromatic N) is 1. The number of aliphatic imine (C=N–C) groups is 1. The molecule has 1 fully saturated rings. The van der Waals surface area contributed by atoms with Gasteiger partial charge in [-0.1, -0.05) is 12.8 Å². The molecule has 0 heterocycles. The van der Waals surface area contributed by atoms with E-state index >= 15 is 0 Å². The van der Waals surface area contributed by atoms with Gasteiger partial charge in [-0.15, -0.1) is 0 Å². The number of hydrogen-bond acceptors (Lipinski definition) is 2. The third-order valence-electron chi connectivity index (χ3n) is 2.58. The fraction of sp³-hybridized carbons (Fsp3) is 0.900. The summed E-state index contributed by atoms with van der Waals surface area (Å²) in [6.45, 7) is 0.260. The van der Waals surface area contributed by atoms with E-state index in [1.54, 1.807) is 7.05 Å². The maximum Gasteiger partial charge on any atom is 0.441 e. The Morgan fingerprint density at radius 2 is 2.00 bits per heavy atom. The average molecular weight is 269 g/mol. The minimum Gasteiger partial charge on any atom is -0.356 e. The number of halogens is 3. The van der Waals surface area contributed by atoms with Crippen molar-refractivity contribution in [2.75, 3.05) is 19.3 Å².